The molecule has 0 aromatic carbocycles. The molecule has 34 heavy (non-hydrogen) atoms. The van der Waals surface area contributed by atoms with Gasteiger partial charge in [0.05, 0.1) is 6.42 Å². The fraction of sp³-hybridized carbons (Fsp3) is 0.500. The predicted molar refractivity (Wildman–Crippen MR) is 149 cm³/mol. The summed E-state index contributed by atoms with van der Waals surface area (Å²) in [5.41, 5.74) is 1.73. The Hall–Kier alpha value is -1.77. The summed E-state index contributed by atoms with van der Waals surface area (Å²) < 4.78 is 0.335. The summed E-state index contributed by atoms with van der Waals surface area (Å²) in [6.45, 7) is 5.89. The molecule has 4 atom stereocenters. The van der Waals surface area contributed by atoms with Crippen LogP contribution in [0.5, 0.6) is 0 Å². The van der Waals surface area contributed by atoms with Crippen molar-refractivity contribution in [3.8, 4) is 0 Å². The summed E-state index contributed by atoms with van der Waals surface area (Å²) in [5, 5.41) is 20.3. The van der Waals surface area contributed by atoms with Gasteiger partial charge in [0.2, 0.25) is 5.91 Å². The lowest BCUT2D eigenvalue weighted by molar-refractivity contribution is -0.134. The molecule has 1 amide bonds. The summed E-state index contributed by atoms with van der Waals surface area (Å²) >= 11 is 2.43. The second-order valence-electron chi connectivity index (χ2n) is 8.78. The van der Waals surface area contributed by atoms with E-state index in [1.807, 2.05) is 19.1 Å². The lowest BCUT2D eigenvalue weighted by Crippen LogP contribution is -2.39. The number of rotatable bonds is 4. The molecule has 0 radical (unpaired) electrons. The first-order valence-corrected chi connectivity index (χ1v) is 13.2. The molecule has 5 nitrogen and oxygen atoms in total. The van der Waals surface area contributed by atoms with Crippen molar-refractivity contribution in [3.05, 3.63) is 71.9 Å². The number of aliphatic hydroxyl groups is 2. The number of aliphatic hydroxyl groups excluding tert-OH is 2. The van der Waals surface area contributed by atoms with Crippen LogP contribution in [-0.4, -0.2) is 56.0 Å². The van der Waals surface area contributed by atoms with E-state index < -0.39 is 12.2 Å². The van der Waals surface area contributed by atoms with Gasteiger partial charge in [0.1, 0.15) is 12.2 Å². The molecular formula is C28H40INO4. The molecule has 1 rings (SSSR count). The van der Waals surface area contributed by atoms with Crippen LogP contribution in [0.4, 0.5) is 0 Å². The summed E-state index contributed by atoms with van der Waals surface area (Å²) in [6.07, 6.45) is 20.1. The molecule has 0 spiro atoms. The Morgan fingerprint density at radius 1 is 1.06 bits per heavy atom. The minimum absolute atomic E-state index is 0.0235. The molecule has 6 heteroatoms. The first-order valence-electron chi connectivity index (χ1n) is 12.0. The number of allylic oxidation sites excluding steroid dienone is 9. The van der Waals surface area contributed by atoms with E-state index >= 15 is 0 Å². The van der Waals surface area contributed by atoms with Gasteiger partial charge in [-0.25, -0.2) is 0 Å². The lowest BCUT2D eigenvalue weighted by Gasteiger charge is -2.29. The standard InChI is InChI=1S/C28H40INO4/c1-5-6-7-8-12-24-19-23(29)16-14-21(2)11-9-10-13-26(32)27(33)18-22(3)15-17-25(31)20-28(34)30(24)4/h7-11,13-15,17-18,23-24,26-27,32-33H,5-6,12,16,19-20H2,1-4H3/b8-7+,11-9+,13-10-,17-15+,21-14+,22-18-. The third kappa shape index (κ3) is 12.6. The molecule has 1 heterocycles. The molecule has 188 valence electrons. The zero-order chi connectivity index (χ0) is 25.5. The first-order chi connectivity index (χ1) is 16.1. The van der Waals surface area contributed by atoms with Crippen LogP contribution in [0.3, 0.4) is 0 Å². The fourth-order valence-electron chi connectivity index (χ4n) is 3.41. The Morgan fingerprint density at radius 2 is 1.79 bits per heavy atom. The maximum atomic E-state index is 12.9. The van der Waals surface area contributed by atoms with Gasteiger partial charge in [-0.2, -0.15) is 0 Å². The third-order valence-electron chi connectivity index (χ3n) is 5.61. The van der Waals surface area contributed by atoms with Crippen LogP contribution in [-0.2, 0) is 9.59 Å². The molecule has 2 N–H and O–H groups in total. The highest BCUT2D eigenvalue weighted by Crippen LogP contribution is 2.21. The van der Waals surface area contributed by atoms with Crippen LogP contribution in [0.1, 0.15) is 59.3 Å². The zero-order valence-corrected chi connectivity index (χ0v) is 23.0. The van der Waals surface area contributed by atoms with E-state index in [0.717, 1.165) is 37.7 Å². The monoisotopic (exact) mass is 581 g/mol. The minimum atomic E-state index is -1.10. The van der Waals surface area contributed by atoms with E-state index in [4.69, 9.17) is 0 Å². The average Bonchev–Trinajstić information content (AvgIpc) is 2.79. The SMILES string of the molecule is CCC/C=C/CC1CC(I)C/C=C(C)/C=C/C=C\C(O)C(O)/C=C(C)\C=C\C(=O)CC(=O)N1C. The number of halogens is 1. The van der Waals surface area contributed by atoms with E-state index in [-0.39, 0.29) is 24.2 Å². The van der Waals surface area contributed by atoms with Crippen LogP contribution in [0.15, 0.2) is 71.9 Å². The van der Waals surface area contributed by atoms with E-state index in [9.17, 15) is 19.8 Å². The number of nitrogens with zero attached hydrogens (tertiary/aromatic N) is 1. The normalized spacial score (nSPS) is 32.5. The predicted octanol–water partition coefficient (Wildman–Crippen LogP) is 5.40. The van der Waals surface area contributed by atoms with Crippen molar-refractivity contribution < 1.29 is 19.8 Å². The molecule has 0 aromatic heterocycles. The Labute approximate surface area is 218 Å². The van der Waals surface area contributed by atoms with E-state index in [1.54, 1.807) is 31.0 Å². The Bertz CT molecular complexity index is 837. The number of ketones is 1. The van der Waals surface area contributed by atoms with Gasteiger partial charge in [-0.1, -0.05) is 102 Å². The third-order valence-corrected chi connectivity index (χ3v) is 6.63. The van der Waals surface area contributed by atoms with Gasteiger partial charge in [0.15, 0.2) is 5.78 Å². The van der Waals surface area contributed by atoms with Crippen molar-refractivity contribution in [2.45, 2.75) is 81.5 Å². The Morgan fingerprint density at radius 3 is 2.50 bits per heavy atom. The second kappa shape index (κ2) is 16.8. The van der Waals surface area contributed by atoms with Crippen LogP contribution < -0.4 is 0 Å². The number of hydrogen-bond donors (Lipinski definition) is 2. The molecule has 0 saturated heterocycles. The first kappa shape index (κ1) is 30.3. The highest BCUT2D eigenvalue weighted by molar-refractivity contribution is 14.1. The van der Waals surface area contributed by atoms with E-state index in [1.165, 1.54) is 18.2 Å². The molecule has 1 aliphatic rings. The van der Waals surface area contributed by atoms with Gasteiger partial charge >= 0.3 is 0 Å². The lowest BCUT2D eigenvalue weighted by atomic mass is 10.0. The molecule has 4 unspecified atom stereocenters. The summed E-state index contributed by atoms with van der Waals surface area (Å²) in [6, 6.07) is 0.0235. The molecule has 1 aliphatic heterocycles. The van der Waals surface area contributed by atoms with Crippen molar-refractivity contribution in [3.63, 3.8) is 0 Å². The van der Waals surface area contributed by atoms with Crippen molar-refractivity contribution in [2.75, 3.05) is 7.05 Å². The second-order valence-corrected chi connectivity index (χ2v) is 10.5. The number of carbonyl (C=O) groups is 2. The van der Waals surface area contributed by atoms with Gasteiger partial charge < -0.3 is 15.1 Å². The van der Waals surface area contributed by atoms with Crippen LogP contribution in [0, 0.1) is 0 Å². The highest BCUT2D eigenvalue weighted by atomic mass is 127. The number of hydrogen-bond acceptors (Lipinski definition) is 4. The number of carbonyl (C=O) groups excluding carboxylic acids is 2. The molecule has 0 fully saturated rings. The molecule has 0 saturated carbocycles. The van der Waals surface area contributed by atoms with Crippen molar-refractivity contribution >= 4 is 34.3 Å². The maximum absolute atomic E-state index is 12.9. The van der Waals surface area contributed by atoms with E-state index in [2.05, 4.69) is 47.7 Å². The smallest absolute Gasteiger partial charge is 0.230 e. The van der Waals surface area contributed by atoms with Gasteiger partial charge in [0.25, 0.3) is 0 Å². The van der Waals surface area contributed by atoms with E-state index in [0.29, 0.717) is 9.50 Å². The molecule has 0 aliphatic carbocycles. The number of unbranched alkanes of at least 4 members (excludes halogenated alkanes) is 1. The fourth-order valence-corrected chi connectivity index (χ4v) is 4.25. The van der Waals surface area contributed by atoms with Crippen molar-refractivity contribution in [2.24, 2.45) is 0 Å². The van der Waals surface area contributed by atoms with Crippen molar-refractivity contribution in [1.82, 2.24) is 4.90 Å². The van der Waals surface area contributed by atoms with Gasteiger partial charge in [-0.3, -0.25) is 9.59 Å². The zero-order valence-electron chi connectivity index (χ0n) is 20.9. The Balaban J connectivity index is 3.15. The highest BCUT2D eigenvalue weighted by Gasteiger charge is 2.22. The summed E-state index contributed by atoms with van der Waals surface area (Å²) in [4.78, 5) is 27.0. The van der Waals surface area contributed by atoms with Gasteiger partial charge in [-0.05, 0) is 45.6 Å². The van der Waals surface area contributed by atoms with Crippen molar-refractivity contribution in [1.29, 1.82) is 0 Å². The van der Waals surface area contributed by atoms with Gasteiger partial charge in [0, 0.05) is 17.0 Å². The van der Waals surface area contributed by atoms with Crippen LogP contribution >= 0.6 is 22.6 Å². The molecule has 0 bridgehead atoms. The maximum Gasteiger partial charge on any atom is 0.230 e. The topological polar surface area (TPSA) is 77.8 Å². The molecule has 0 aromatic rings. The summed E-state index contributed by atoms with van der Waals surface area (Å²) in [5.74, 6) is -0.484. The van der Waals surface area contributed by atoms with Gasteiger partial charge in [-0.15, -0.1) is 0 Å². The van der Waals surface area contributed by atoms with Crippen LogP contribution in [0.25, 0.3) is 0 Å². The van der Waals surface area contributed by atoms with Crippen LogP contribution in [0.2, 0.25) is 0 Å². The minimum Gasteiger partial charge on any atom is -0.386 e. The Kier molecular flexibility index (Phi) is 14.9. The average molecular weight is 582 g/mol. The number of amides is 1. The largest absolute Gasteiger partial charge is 0.386 e. The molecular weight excluding hydrogens is 541 g/mol. The number of alkyl halides is 1. The quantitative estimate of drug-likeness (QED) is 0.202. The summed E-state index contributed by atoms with van der Waals surface area (Å²) in [7, 11) is 1.78.